The zero-order valence-corrected chi connectivity index (χ0v) is 18.9. The van der Waals surface area contributed by atoms with Crippen molar-refractivity contribution in [1.82, 2.24) is 9.55 Å². The molecule has 3 N–H and O–H groups in total. The van der Waals surface area contributed by atoms with Crippen molar-refractivity contribution in [2.75, 3.05) is 0 Å². The third-order valence-corrected chi connectivity index (χ3v) is 7.36. The Balaban J connectivity index is 1.80. The molecule has 0 unspecified atom stereocenters. The van der Waals surface area contributed by atoms with Crippen LogP contribution in [0.1, 0.15) is 72.7 Å². The lowest BCUT2D eigenvalue weighted by molar-refractivity contribution is -0.172. The third kappa shape index (κ3) is 2.83. The van der Waals surface area contributed by atoms with E-state index >= 15 is 0 Å². The molecule has 0 aromatic carbocycles. The quantitative estimate of drug-likeness (QED) is 0.579. The van der Waals surface area contributed by atoms with Gasteiger partial charge in [-0.2, -0.15) is 0 Å². The van der Waals surface area contributed by atoms with Gasteiger partial charge in [-0.15, -0.1) is 0 Å². The molecule has 0 bridgehead atoms. The van der Waals surface area contributed by atoms with E-state index in [9.17, 15) is 19.1 Å². The van der Waals surface area contributed by atoms with Crippen molar-refractivity contribution < 1.29 is 19.0 Å². The minimum absolute atomic E-state index is 0.0800. The summed E-state index contributed by atoms with van der Waals surface area (Å²) in [4.78, 5) is 30.6. The van der Waals surface area contributed by atoms with Crippen LogP contribution in [0.2, 0.25) is 0 Å². The summed E-state index contributed by atoms with van der Waals surface area (Å²) < 4.78 is 20.8. The van der Waals surface area contributed by atoms with Crippen molar-refractivity contribution in [3.63, 3.8) is 0 Å². The number of ether oxygens (including phenoxy) is 1. The van der Waals surface area contributed by atoms with E-state index in [0.29, 0.717) is 35.5 Å². The fourth-order valence-electron chi connectivity index (χ4n) is 5.45. The highest BCUT2D eigenvalue weighted by Crippen LogP contribution is 2.46. The SMILES string of the molecule is C=C(F)/C(C)=C1/CC[C@H](N)c2c3c(nc(C)c21)-c1cc2c(c(=O)n1C3)COC(=O)[C@]2(O)CC. The number of halogens is 1. The van der Waals surface area contributed by atoms with Gasteiger partial charge in [0.05, 0.1) is 23.5 Å². The largest absolute Gasteiger partial charge is 0.458 e. The van der Waals surface area contributed by atoms with Crippen LogP contribution in [0, 0.1) is 6.92 Å². The molecule has 4 heterocycles. The number of nitrogens with zero attached hydrogens (tertiary/aromatic N) is 2. The molecule has 1 aliphatic carbocycles. The summed E-state index contributed by atoms with van der Waals surface area (Å²) in [6.45, 7) is 8.77. The lowest BCUT2D eigenvalue weighted by Gasteiger charge is -2.31. The number of carbonyl (C=O) groups is 1. The number of esters is 1. The first-order valence-corrected chi connectivity index (χ1v) is 11.1. The van der Waals surface area contributed by atoms with E-state index in [1.54, 1.807) is 24.5 Å². The first kappa shape index (κ1) is 21.7. The van der Waals surface area contributed by atoms with E-state index in [-0.39, 0.29) is 42.3 Å². The molecule has 2 atom stereocenters. The molecule has 33 heavy (non-hydrogen) atoms. The van der Waals surface area contributed by atoms with Crippen molar-refractivity contribution >= 4 is 11.5 Å². The average molecular weight is 451 g/mol. The Hall–Kier alpha value is -3.10. The molecule has 0 fully saturated rings. The van der Waals surface area contributed by atoms with Gasteiger partial charge in [-0.1, -0.05) is 13.5 Å². The molecule has 0 saturated carbocycles. The van der Waals surface area contributed by atoms with E-state index in [1.807, 2.05) is 6.92 Å². The van der Waals surface area contributed by atoms with Crippen LogP contribution in [0.15, 0.2) is 28.8 Å². The minimum atomic E-state index is -1.88. The predicted molar refractivity (Wildman–Crippen MR) is 121 cm³/mol. The van der Waals surface area contributed by atoms with Gasteiger partial charge >= 0.3 is 5.97 Å². The number of aromatic nitrogens is 2. The molecule has 8 heteroatoms. The maximum Gasteiger partial charge on any atom is 0.343 e. The standard InChI is InChI=1S/C25H26FN3O4/c1-5-25(32)17-8-19-22-15(9-29(19)23(30)16(17)10-33-24(25)31)21-18(27)7-6-14(11(2)12(3)26)20(21)13(4)28-22/h8,18,32H,3,5-7,9-10,27H2,1-2,4H3/b14-11-/t18-,25-/m0/s1. The monoisotopic (exact) mass is 451 g/mol. The summed E-state index contributed by atoms with van der Waals surface area (Å²) in [5.74, 6) is -1.24. The Morgan fingerprint density at radius 3 is 2.82 bits per heavy atom. The molecule has 3 aliphatic rings. The maximum atomic E-state index is 14.0. The van der Waals surface area contributed by atoms with Crippen LogP contribution in [0.3, 0.4) is 0 Å². The van der Waals surface area contributed by atoms with Gasteiger partial charge in [0.2, 0.25) is 0 Å². The Morgan fingerprint density at radius 1 is 1.42 bits per heavy atom. The predicted octanol–water partition coefficient (Wildman–Crippen LogP) is 3.29. The third-order valence-electron chi connectivity index (χ3n) is 7.36. The summed E-state index contributed by atoms with van der Waals surface area (Å²) in [5.41, 5.74) is 10.6. The van der Waals surface area contributed by atoms with Crippen LogP contribution >= 0.6 is 0 Å². The molecular formula is C25H26FN3O4. The van der Waals surface area contributed by atoms with Gasteiger partial charge in [-0.05, 0) is 55.9 Å². The van der Waals surface area contributed by atoms with Crippen LogP contribution in [-0.4, -0.2) is 20.6 Å². The molecule has 2 aromatic rings. The lowest BCUT2D eigenvalue weighted by Crippen LogP contribution is -2.44. The van der Waals surface area contributed by atoms with E-state index in [2.05, 4.69) is 6.58 Å². The lowest BCUT2D eigenvalue weighted by atomic mass is 9.79. The number of cyclic esters (lactones) is 1. The van der Waals surface area contributed by atoms with E-state index < -0.39 is 17.4 Å². The second-order valence-electron chi connectivity index (χ2n) is 9.07. The van der Waals surface area contributed by atoms with Crippen LogP contribution in [0.5, 0.6) is 0 Å². The van der Waals surface area contributed by atoms with Gasteiger partial charge in [0.1, 0.15) is 12.4 Å². The number of pyridine rings is 2. The number of rotatable bonds is 2. The van der Waals surface area contributed by atoms with E-state index in [4.69, 9.17) is 15.5 Å². The molecule has 0 spiro atoms. The van der Waals surface area contributed by atoms with Gasteiger partial charge in [0.25, 0.3) is 5.56 Å². The number of hydrogen-bond acceptors (Lipinski definition) is 6. The number of carbonyl (C=O) groups excluding carboxylic acids is 1. The number of aliphatic hydroxyl groups is 1. The van der Waals surface area contributed by atoms with Crippen LogP contribution < -0.4 is 11.3 Å². The fraction of sp³-hybridized carbons (Fsp3) is 0.400. The molecule has 0 saturated heterocycles. The number of hydrogen-bond donors (Lipinski definition) is 2. The number of fused-ring (bicyclic) bond motifs is 6. The molecule has 0 amide bonds. The van der Waals surface area contributed by atoms with Crippen molar-refractivity contribution in [3.05, 3.63) is 67.9 Å². The maximum absolute atomic E-state index is 14.0. The Morgan fingerprint density at radius 2 is 2.15 bits per heavy atom. The van der Waals surface area contributed by atoms with Crippen molar-refractivity contribution in [1.29, 1.82) is 0 Å². The number of allylic oxidation sites excluding steroid dienone is 3. The summed E-state index contributed by atoms with van der Waals surface area (Å²) in [6.07, 6.45) is 1.34. The van der Waals surface area contributed by atoms with Gasteiger partial charge in [-0.3, -0.25) is 9.78 Å². The van der Waals surface area contributed by atoms with Gasteiger partial charge in [0, 0.05) is 28.4 Å². The average Bonchev–Trinajstić information content (AvgIpc) is 3.15. The minimum Gasteiger partial charge on any atom is -0.458 e. The summed E-state index contributed by atoms with van der Waals surface area (Å²) >= 11 is 0. The van der Waals surface area contributed by atoms with Crippen molar-refractivity contribution in [2.24, 2.45) is 5.73 Å². The smallest absolute Gasteiger partial charge is 0.343 e. The highest BCUT2D eigenvalue weighted by molar-refractivity contribution is 5.85. The highest BCUT2D eigenvalue weighted by atomic mass is 19.1. The summed E-state index contributed by atoms with van der Waals surface area (Å²) in [5, 5.41) is 11.0. The van der Waals surface area contributed by atoms with E-state index in [0.717, 1.165) is 22.3 Å². The Kier molecular flexibility index (Phi) is 4.74. The Bertz CT molecular complexity index is 1360. The topological polar surface area (TPSA) is 107 Å². The molecule has 2 aromatic heterocycles. The second kappa shape index (κ2) is 7.20. The normalized spacial score (nSPS) is 24.4. The highest BCUT2D eigenvalue weighted by Gasteiger charge is 2.45. The fourth-order valence-corrected chi connectivity index (χ4v) is 5.45. The van der Waals surface area contributed by atoms with Crippen molar-refractivity contribution in [3.8, 4) is 11.4 Å². The second-order valence-corrected chi connectivity index (χ2v) is 9.07. The summed E-state index contributed by atoms with van der Waals surface area (Å²) in [6, 6.07) is 1.41. The summed E-state index contributed by atoms with van der Waals surface area (Å²) in [7, 11) is 0. The Labute approximate surface area is 190 Å². The molecular weight excluding hydrogens is 425 g/mol. The molecule has 7 nitrogen and oxygen atoms in total. The van der Waals surface area contributed by atoms with E-state index in [1.165, 1.54) is 0 Å². The van der Waals surface area contributed by atoms with Crippen LogP contribution in [0.4, 0.5) is 4.39 Å². The zero-order chi connectivity index (χ0) is 23.8. The van der Waals surface area contributed by atoms with Crippen LogP contribution in [0.25, 0.3) is 17.0 Å². The van der Waals surface area contributed by atoms with Gasteiger partial charge in [0.15, 0.2) is 5.60 Å². The first-order chi connectivity index (χ1) is 15.6. The molecule has 5 rings (SSSR count). The van der Waals surface area contributed by atoms with Crippen molar-refractivity contribution in [2.45, 2.75) is 64.8 Å². The number of aryl methyl sites for hydroxylation is 1. The first-order valence-electron chi connectivity index (χ1n) is 11.1. The van der Waals surface area contributed by atoms with Gasteiger partial charge in [-0.25, -0.2) is 9.18 Å². The number of nitrogens with two attached hydrogens (primary N) is 1. The molecule has 0 radical (unpaired) electrons. The zero-order valence-electron chi connectivity index (χ0n) is 18.9. The van der Waals surface area contributed by atoms with Gasteiger partial charge < -0.3 is 20.1 Å². The molecule has 172 valence electrons. The molecule has 2 aliphatic heterocycles. The van der Waals surface area contributed by atoms with Crippen LogP contribution in [-0.2, 0) is 28.3 Å².